The van der Waals surface area contributed by atoms with Crippen LogP contribution in [-0.4, -0.2) is 29.1 Å². The van der Waals surface area contributed by atoms with E-state index in [1.807, 2.05) is 66.9 Å². The van der Waals surface area contributed by atoms with Crippen molar-refractivity contribution < 1.29 is 0 Å². The van der Waals surface area contributed by atoms with Crippen LogP contribution in [0.15, 0.2) is 194 Å². The Morgan fingerprint density at radius 1 is 0.321 bits per heavy atom. The molecule has 11 aromatic rings. The number of pyridine rings is 1. The summed E-state index contributed by atoms with van der Waals surface area (Å²) >= 11 is 0. The minimum atomic E-state index is 0.542. The van der Waals surface area contributed by atoms with Gasteiger partial charge in [-0.15, -0.1) is 0 Å². The summed E-state index contributed by atoms with van der Waals surface area (Å²) in [6.07, 6.45) is 1.96. The largest absolute Gasteiger partial charge is 0.305 e. The van der Waals surface area contributed by atoms with Crippen LogP contribution in [0.2, 0.25) is 0 Å². The molecule has 0 amide bonds. The molecular formula is C50H32N6. The molecule has 0 atom stereocenters. The van der Waals surface area contributed by atoms with Gasteiger partial charge < -0.3 is 4.57 Å². The summed E-state index contributed by atoms with van der Waals surface area (Å²) in [6.45, 7) is 0. The minimum Gasteiger partial charge on any atom is -0.305 e. The first-order chi connectivity index (χ1) is 27.8. The molecule has 6 nitrogen and oxygen atoms in total. The Balaban J connectivity index is 1.34. The van der Waals surface area contributed by atoms with E-state index >= 15 is 0 Å². The molecule has 0 unspecified atom stereocenters. The standard InChI is InChI=1S/C50H32N6/c1-4-18-33(19-5-1)45-40(49-53-47(34-20-6-2-7-21-34)52-48(54-49)35-22-8-3-9-23-35)32-51-50(56-43-30-16-12-26-38(43)39-27-13-17-31-44(39)56)46(45)55-41-28-14-10-24-36(41)37-25-11-15-29-42(37)55/h1-32H. The van der Waals surface area contributed by atoms with E-state index in [9.17, 15) is 0 Å². The highest BCUT2D eigenvalue weighted by Gasteiger charge is 2.27. The molecular weight excluding hydrogens is 685 g/mol. The molecule has 0 N–H and O–H groups in total. The summed E-state index contributed by atoms with van der Waals surface area (Å²) in [4.78, 5) is 21.0. The van der Waals surface area contributed by atoms with Crippen molar-refractivity contribution in [1.29, 1.82) is 0 Å². The van der Waals surface area contributed by atoms with Crippen LogP contribution in [0.25, 0.3) is 100 Å². The monoisotopic (exact) mass is 716 g/mol. The fourth-order valence-electron chi connectivity index (χ4n) is 8.18. The van der Waals surface area contributed by atoms with Crippen LogP contribution in [0.1, 0.15) is 0 Å². The molecule has 0 aliphatic heterocycles. The van der Waals surface area contributed by atoms with Crippen molar-refractivity contribution in [1.82, 2.24) is 29.1 Å². The number of para-hydroxylation sites is 4. The molecule has 56 heavy (non-hydrogen) atoms. The van der Waals surface area contributed by atoms with Gasteiger partial charge in [-0.3, -0.25) is 4.57 Å². The van der Waals surface area contributed by atoms with Gasteiger partial charge in [0.25, 0.3) is 0 Å². The summed E-state index contributed by atoms with van der Waals surface area (Å²) in [5.74, 6) is 2.54. The Morgan fingerprint density at radius 2 is 0.679 bits per heavy atom. The highest BCUT2D eigenvalue weighted by Crippen LogP contribution is 2.44. The van der Waals surface area contributed by atoms with Gasteiger partial charge in [0.2, 0.25) is 0 Å². The molecule has 0 aliphatic carbocycles. The number of nitrogens with zero attached hydrogens (tertiary/aromatic N) is 6. The summed E-state index contributed by atoms with van der Waals surface area (Å²) in [5, 5.41) is 4.67. The van der Waals surface area contributed by atoms with Crippen molar-refractivity contribution in [2.45, 2.75) is 0 Å². The van der Waals surface area contributed by atoms with Crippen LogP contribution in [0.5, 0.6) is 0 Å². The van der Waals surface area contributed by atoms with Gasteiger partial charge in [0.15, 0.2) is 23.3 Å². The molecule has 0 radical (unpaired) electrons. The van der Waals surface area contributed by atoms with E-state index < -0.39 is 0 Å². The first-order valence-corrected chi connectivity index (χ1v) is 18.7. The lowest BCUT2D eigenvalue weighted by atomic mass is 9.97. The quantitative estimate of drug-likeness (QED) is 0.172. The zero-order valence-electron chi connectivity index (χ0n) is 30.2. The predicted octanol–water partition coefficient (Wildman–Crippen LogP) is 12.1. The normalized spacial score (nSPS) is 11.6. The third-order valence-corrected chi connectivity index (χ3v) is 10.6. The van der Waals surface area contributed by atoms with Gasteiger partial charge in [-0.1, -0.05) is 164 Å². The number of hydrogen-bond acceptors (Lipinski definition) is 4. The molecule has 4 aromatic heterocycles. The van der Waals surface area contributed by atoms with Crippen LogP contribution in [0.3, 0.4) is 0 Å². The van der Waals surface area contributed by atoms with Gasteiger partial charge in [-0.05, 0) is 29.8 Å². The highest BCUT2D eigenvalue weighted by molar-refractivity contribution is 6.12. The topological polar surface area (TPSA) is 61.4 Å². The lowest BCUT2D eigenvalue weighted by molar-refractivity contribution is 1.02. The molecule has 262 valence electrons. The van der Waals surface area contributed by atoms with Crippen molar-refractivity contribution in [2.75, 3.05) is 0 Å². The molecule has 0 saturated carbocycles. The van der Waals surface area contributed by atoms with Gasteiger partial charge in [0.05, 0.1) is 27.8 Å². The second-order valence-corrected chi connectivity index (χ2v) is 13.9. The first kappa shape index (κ1) is 31.8. The minimum absolute atomic E-state index is 0.542. The third-order valence-electron chi connectivity index (χ3n) is 10.6. The first-order valence-electron chi connectivity index (χ1n) is 18.7. The van der Waals surface area contributed by atoms with Gasteiger partial charge >= 0.3 is 0 Å². The Kier molecular flexibility index (Phi) is 7.38. The Bertz CT molecular complexity index is 3070. The predicted molar refractivity (Wildman–Crippen MR) is 228 cm³/mol. The van der Waals surface area contributed by atoms with Crippen molar-refractivity contribution in [3.63, 3.8) is 0 Å². The zero-order valence-corrected chi connectivity index (χ0v) is 30.2. The molecule has 0 spiro atoms. The third kappa shape index (κ3) is 5.04. The molecule has 0 saturated heterocycles. The van der Waals surface area contributed by atoms with Crippen LogP contribution < -0.4 is 0 Å². The Hall–Kier alpha value is -7.70. The summed E-state index contributed by atoms with van der Waals surface area (Å²) in [7, 11) is 0. The maximum absolute atomic E-state index is 5.50. The van der Waals surface area contributed by atoms with E-state index in [0.717, 1.165) is 61.4 Å². The molecule has 11 rings (SSSR count). The van der Waals surface area contributed by atoms with Gasteiger partial charge in [0, 0.05) is 50.0 Å². The molecule has 0 bridgehead atoms. The van der Waals surface area contributed by atoms with E-state index in [0.29, 0.717) is 17.5 Å². The van der Waals surface area contributed by atoms with E-state index in [1.54, 1.807) is 0 Å². The van der Waals surface area contributed by atoms with E-state index in [-0.39, 0.29) is 0 Å². The molecule has 7 aromatic carbocycles. The summed E-state index contributed by atoms with van der Waals surface area (Å²) in [6, 6.07) is 65.3. The van der Waals surface area contributed by atoms with Gasteiger partial charge in [0.1, 0.15) is 0 Å². The SMILES string of the molecule is c1ccc(-c2nc(-c3ccccc3)nc(-c3cnc(-n4c5ccccc5c5ccccc54)c(-n4c5ccccc5c5ccccc54)c3-c3ccccc3)n2)cc1. The maximum Gasteiger partial charge on any atom is 0.166 e. The zero-order chi connectivity index (χ0) is 37.0. The van der Waals surface area contributed by atoms with Crippen molar-refractivity contribution in [3.8, 4) is 56.8 Å². The number of aromatic nitrogens is 6. The Morgan fingerprint density at radius 3 is 1.12 bits per heavy atom. The van der Waals surface area contributed by atoms with Crippen molar-refractivity contribution in [3.05, 3.63) is 194 Å². The van der Waals surface area contributed by atoms with Gasteiger partial charge in [-0.2, -0.15) is 0 Å². The number of benzene rings is 7. The van der Waals surface area contributed by atoms with Crippen molar-refractivity contribution in [2.24, 2.45) is 0 Å². The van der Waals surface area contributed by atoms with Crippen LogP contribution in [-0.2, 0) is 0 Å². The Labute approximate surface area is 322 Å². The fraction of sp³-hybridized carbons (Fsp3) is 0. The van der Waals surface area contributed by atoms with E-state index in [1.165, 1.54) is 21.5 Å². The average molecular weight is 717 g/mol. The lowest BCUT2D eigenvalue weighted by Crippen LogP contribution is -2.10. The van der Waals surface area contributed by atoms with Crippen molar-refractivity contribution >= 4 is 43.6 Å². The molecule has 4 heterocycles. The lowest BCUT2D eigenvalue weighted by Gasteiger charge is -2.22. The highest BCUT2D eigenvalue weighted by atomic mass is 15.1. The second-order valence-electron chi connectivity index (χ2n) is 13.9. The maximum atomic E-state index is 5.50. The van der Waals surface area contributed by atoms with E-state index in [4.69, 9.17) is 19.9 Å². The number of rotatable bonds is 6. The smallest absolute Gasteiger partial charge is 0.166 e. The van der Waals surface area contributed by atoms with Crippen LogP contribution >= 0.6 is 0 Å². The second kappa shape index (κ2) is 13.0. The number of fused-ring (bicyclic) bond motifs is 6. The van der Waals surface area contributed by atoms with Gasteiger partial charge in [-0.25, -0.2) is 19.9 Å². The van der Waals surface area contributed by atoms with Crippen LogP contribution in [0.4, 0.5) is 0 Å². The average Bonchev–Trinajstić information content (AvgIpc) is 3.79. The molecule has 0 aliphatic rings. The summed E-state index contributed by atoms with van der Waals surface area (Å²) in [5.41, 5.74) is 9.85. The number of hydrogen-bond donors (Lipinski definition) is 0. The summed E-state index contributed by atoms with van der Waals surface area (Å²) < 4.78 is 4.71. The van der Waals surface area contributed by atoms with E-state index in [2.05, 4.69) is 137 Å². The molecule has 0 fully saturated rings. The fourth-order valence-corrected chi connectivity index (χ4v) is 8.18. The van der Waals surface area contributed by atoms with Crippen LogP contribution in [0, 0.1) is 0 Å². The molecule has 6 heteroatoms.